The fourth-order valence-corrected chi connectivity index (χ4v) is 7.71. The minimum absolute atomic E-state index is 0.179. The Morgan fingerprint density at radius 2 is 1.83 bits per heavy atom. The van der Waals surface area contributed by atoms with Gasteiger partial charge in [-0.2, -0.15) is 0 Å². The van der Waals surface area contributed by atoms with Crippen LogP contribution in [0.2, 0.25) is 10.0 Å². The van der Waals surface area contributed by atoms with E-state index < -0.39 is 0 Å². The maximum Gasteiger partial charge on any atom is 0.165 e. The number of ketones is 1. The highest BCUT2D eigenvalue weighted by atomic mass is 35.5. The lowest BCUT2D eigenvalue weighted by molar-refractivity contribution is -0.130. The van der Waals surface area contributed by atoms with Gasteiger partial charge in [0.1, 0.15) is 0 Å². The number of carbonyl (C=O) groups is 1. The number of halogens is 2. The van der Waals surface area contributed by atoms with Crippen molar-refractivity contribution in [1.82, 2.24) is 0 Å². The minimum atomic E-state index is -0.262. The maximum atomic E-state index is 13.5. The predicted octanol–water partition coefficient (Wildman–Crippen LogP) is 6.88. The third-order valence-electron chi connectivity index (χ3n) is 9.01. The van der Waals surface area contributed by atoms with Gasteiger partial charge in [0.15, 0.2) is 5.78 Å². The third-order valence-corrected chi connectivity index (χ3v) is 9.57. The van der Waals surface area contributed by atoms with Gasteiger partial charge >= 0.3 is 0 Å². The Labute approximate surface area is 189 Å². The fraction of sp³-hybridized carbons (Fsp3) is 0.577. The summed E-state index contributed by atoms with van der Waals surface area (Å²) in [6.45, 7) is 4.62. The first kappa shape index (κ1) is 20.8. The molecule has 0 unspecified atom stereocenters. The van der Waals surface area contributed by atoms with Crippen molar-refractivity contribution in [3.8, 4) is 0 Å². The fourth-order valence-electron chi connectivity index (χ4n) is 7.25. The molecule has 1 aromatic rings. The van der Waals surface area contributed by atoms with Gasteiger partial charge in [-0.1, -0.05) is 54.8 Å². The number of benzene rings is 1. The van der Waals surface area contributed by atoms with Crippen LogP contribution in [0.25, 0.3) is 6.08 Å². The van der Waals surface area contributed by atoms with E-state index in [9.17, 15) is 9.90 Å². The average molecular weight is 445 g/mol. The summed E-state index contributed by atoms with van der Waals surface area (Å²) in [6.07, 6.45) is 11.0. The molecule has 4 aliphatic rings. The highest BCUT2D eigenvalue weighted by Crippen LogP contribution is 2.64. The van der Waals surface area contributed by atoms with Gasteiger partial charge in [-0.15, -0.1) is 0 Å². The van der Waals surface area contributed by atoms with Gasteiger partial charge in [0.25, 0.3) is 0 Å². The normalized spacial score (nSPS) is 41.8. The summed E-state index contributed by atoms with van der Waals surface area (Å²) in [5.41, 5.74) is 3.20. The van der Waals surface area contributed by atoms with Gasteiger partial charge in [-0.3, -0.25) is 4.79 Å². The monoisotopic (exact) mass is 444 g/mol. The van der Waals surface area contributed by atoms with Crippen LogP contribution in [0.4, 0.5) is 0 Å². The summed E-state index contributed by atoms with van der Waals surface area (Å²) in [5, 5.41) is 11.4. The molecule has 0 saturated heterocycles. The molecule has 4 aliphatic carbocycles. The first-order valence-corrected chi connectivity index (χ1v) is 12.1. The van der Waals surface area contributed by atoms with Crippen molar-refractivity contribution >= 4 is 35.1 Å². The summed E-state index contributed by atoms with van der Waals surface area (Å²) >= 11 is 12.4. The lowest BCUT2D eigenvalue weighted by Gasteiger charge is -2.56. The van der Waals surface area contributed by atoms with Crippen LogP contribution in [-0.4, -0.2) is 17.0 Å². The van der Waals surface area contributed by atoms with Crippen LogP contribution >= 0.6 is 23.2 Å². The molecule has 1 aromatic carbocycles. The molecular weight excluding hydrogens is 415 g/mol. The number of rotatable bonds is 1. The summed E-state index contributed by atoms with van der Waals surface area (Å²) in [4.78, 5) is 13.5. The van der Waals surface area contributed by atoms with E-state index in [1.165, 1.54) is 5.57 Å². The molecular formula is C26H30Cl2O2. The Balaban J connectivity index is 1.48. The highest BCUT2D eigenvalue weighted by molar-refractivity contribution is 6.35. The predicted molar refractivity (Wildman–Crippen MR) is 123 cm³/mol. The van der Waals surface area contributed by atoms with Crippen molar-refractivity contribution < 1.29 is 9.90 Å². The van der Waals surface area contributed by atoms with Gasteiger partial charge in [0.2, 0.25) is 0 Å². The quantitative estimate of drug-likeness (QED) is 0.378. The van der Waals surface area contributed by atoms with E-state index in [0.29, 0.717) is 33.6 Å². The van der Waals surface area contributed by atoms with Crippen LogP contribution in [0, 0.1) is 28.6 Å². The number of hydrogen-bond donors (Lipinski definition) is 1. The van der Waals surface area contributed by atoms with Crippen molar-refractivity contribution in [3.05, 3.63) is 51.0 Å². The summed E-state index contributed by atoms with van der Waals surface area (Å²) in [6, 6.07) is 5.48. The Morgan fingerprint density at radius 3 is 2.60 bits per heavy atom. The molecule has 0 bridgehead atoms. The Morgan fingerprint density at radius 1 is 1.07 bits per heavy atom. The van der Waals surface area contributed by atoms with Gasteiger partial charge in [0, 0.05) is 15.5 Å². The number of aliphatic hydroxyl groups excluding tert-OH is 1. The summed E-state index contributed by atoms with van der Waals surface area (Å²) in [5.74, 6) is 1.87. The van der Waals surface area contributed by atoms with E-state index >= 15 is 0 Å². The third kappa shape index (κ3) is 3.05. The zero-order valence-electron chi connectivity index (χ0n) is 17.8. The molecule has 0 heterocycles. The van der Waals surface area contributed by atoms with E-state index in [1.54, 1.807) is 6.07 Å². The zero-order chi connectivity index (χ0) is 21.3. The van der Waals surface area contributed by atoms with Gasteiger partial charge in [-0.25, -0.2) is 0 Å². The highest BCUT2D eigenvalue weighted by Gasteiger charge is 2.59. The van der Waals surface area contributed by atoms with Crippen LogP contribution in [0.15, 0.2) is 35.4 Å². The number of hydrogen-bond acceptors (Lipinski definition) is 2. The van der Waals surface area contributed by atoms with E-state index in [4.69, 9.17) is 23.2 Å². The largest absolute Gasteiger partial charge is 0.393 e. The first-order valence-electron chi connectivity index (χ1n) is 11.3. The number of Topliss-reactive ketones (excluding diaryl/α,β-unsaturated/α-hetero) is 1. The maximum absolute atomic E-state index is 13.5. The summed E-state index contributed by atoms with van der Waals surface area (Å²) < 4.78 is 0. The molecule has 5 rings (SSSR count). The molecule has 3 fully saturated rings. The number of fused-ring (bicyclic) bond motifs is 5. The van der Waals surface area contributed by atoms with Crippen LogP contribution in [0.3, 0.4) is 0 Å². The summed E-state index contributed by atoms with van der Waals surface area (Å²) in [7, 11) is 0. The molecule has 6 atom stereocenters. The molecule has 3 saturated carbocycles. The van der Waals surface area contributed by atoms with Gasteiger partial charge < -0.3 is 5.11 Å². The standard InChI is InChI=1S/C26H30Cl2O2/c1-25-9-7-19(29)13-17(25)4-6-20-21(25)8-10-26(2)22(20)12-16(24(26)30)11-15-3-5-18(27)14-23(15)28/h3-5,11,14,19-22,29H,6-10,12-13H2,1-2H3/b16-11+/t19-,20+,21-,22-,25+,26-/m1/s1. The van der Waals surface area contributed by atoms with E-state index in [2.05, 4.69) is 19.9 Å². The molecule has 30 heavy (non-hydrogen) atoms. The second kappa shape index (κ2) is 7.22. The smallest absolute Gasteiger partial charge is 0.165 e. The van der Waals surface area contributed by atoms with Crippen molar-refractivity contribution in [1.29, 1.82) is 0 Å². The number of aliphatic hydroxyl groups is 1. The Kier molecular flexibility index (Phi) is 5.00. The van der Waals surface area contributed by atoms with Crippen molar-refractivity contribution in [2.45, 2.75) is 64.9 Å². The second-order valence-electron chi connectivity index (χ2n) is 10.5. The van der Waals surface area contributed by atoms with Crippen LogP contribution in [0.1, 0.15) is 64.4 Å². The second-order valence-corrected chi connectivity index (χ2v) is 11.3. The molecule has 1 N–H and O–H groups in total. The van der Waals surface area contributed by atoms with E-state index in [0.717, 1.165) is 56.1 Å². The minimum Gasteiger partial charge on any atom is -0.393 e. The molecule has 2 nitrogen and oxygen atoms in total. The zero-order valence-corrected chi connectivity index (χ0v) is 19.3. The topological polar surface area (TPSA) is 37.3 Å². The molecule has 4 heteroatoms. The molecule has 0 spiro atoms. The lowest BCUT2D eigenvalue weighted by Crippen LogP contribution is -2.50. The van der Waals surface area contributed by atoms with Crippen molar-refractivity contribution in [3.63, 3.8) is 0 Å². The molecule has 0 aromatic heterocycles. The van der Waals surface area contributed by atoms with Crippen LogP contribution in [0.5, 0.6) is 0 Å². The Bertz CT molecular complexity index is 964. The Hall–Kier alpha value is -1.09. The van der Waals surface area contributed by atoms with Crippen LogP contribution < -0.4 is 0 Å². The molecule has 160 valence electrons. The molecule has 0 aliphatic heterocycles. The first-order chi connectivity index (χ1) is 14.2. The van der Waals surface area contributed by atoms with Crippen molar-refractivity contribution in [2.24, 2.45) is 28.6 Å². The number of carbonyl (C=O) groups excluding carboxylic acids is 1. The van der Waals surface area contributed by atoms with Gasteiger partial charge in [-0.05, 0) is 97.5 Å². The van der Waals surface area contributed by atoms with Gasteiger partial charge in [0.05, 0.1) is 6.10 Å². The molecule has 0 radical (unpaired) electrons. The molecule has 0 amide bonds. The lowest BCUT2D eigenvalue weighted by atomic mass is 9.48. The van der Waals surface area contributed by atoms with Crippen LogP contribution in [-0.2, 0) is 4.79 Å². The number of allylic oxidation sites excluding steroid dienone is 2. The SMILES string of the molecule is C[C@@]12CC[C@@H]3[C@H](CC=C4C[C@H](O)CC[C@@]43C)[C@H]1C/C(=C\c1ccc(Cl)cc1Cl)C2=O. The van der Waals surface area contributed by atoms with E-state index in [1.807, 2.05) is 18.2 Å². The van der Waals surface area contributed by atoms with Crippen molar-refractivity contribution in [2.75, 3.05) is 0 Å². The van der Waals surface area contributed by atoms with E-state index in [-0.39, 0.29) is 16.9 Å². The average Bonchev–Trinajstić information content (AvgIpc) is 2.95.